The largest absolute Gasteiger partial charge is 0.492 e. The second-order valence-corrected chi connectivity index (χ2v) is 4.78. The van der Waals surface area contributed by atoms with Crippen molar-refractivity contribution in [3.05, 3.63) is 30.1 Å². The highest BCUT2D eigenvalue weighted by Gasteiger charge is 2.12. The van der Waals surface area contributed by atoms with Crippen LogP contribution >= 0.6 is 0 Å². The Balaban J connectivity index is 2.20. The number of nitriles is 1. The third-order valence-corrected chi connectivity index (χ3v) is 3.02. The Hall–Kier alpha value is -2.13. The molecule has 0 fully saturated rings. The molecule has 0 unspecified atom stereocenters. The van der Waals surface area contributed by atoms with Crippen LogP contribution in [0.1, 0.15) is 13.3 Å². The van der Waals surface area contributed by atoms with Crippen LogP contribution in [-0.4, -0.2) is 43.6 Å². The number of benzene rings is 1. The first-order chi connectivity index (χ1) is 10.0. The number of ether oxygens (including phenoxy) is 1. The lowest BCUT2D eigenvalue weighted by Gasteiger charge is -2.21. The first-order valence-corrected chi connectivity index (χ1v) is 6.75. The zero-order valence-electron chi connectivity index (χ0n) is 12.3. The molecule has 0 radical (unpaired) electrons. The van der Waals surface area contributed by atoms with Crippen LogP contribution in [0.25, 0.3) is 0 Å². The summed E-state index contributed by atoms with van der Waals surface area (Å²) in [7, 11) is 1.80. The highest BCUT2D eigenvalue weighted by Crippen LogP contribution is 2.11. The van der Waals surface area contributed by atoms with Crippen molar-refractivity contribution in [2.75, 3.05) is 26.7 Å². The third kappa shape index (κ3) is 6.72. The number of halogens is 1. The van der Waals surface area contributed by atoms with Crippen LogP contribution in [0.3, 0.4) is 0 Å². The molecule has 0 spiro atoms. The molecule has 0 bridgehead atoms. The third-order valence-electron chi connectivity index (χ3n) is 3.02. The van der Waals surface area contributed by atoms with Crippen molar-refractivity contribution < 1.29 is 13.9 Å². The van der Waals surface area contributed by atoms with Gasteiger partial charge >= 0.3 is 0 Å². The maximum absolute atomic E-state index is 12.9. The van der Waals surface area contributed by atoms with Gasteiger partial charge in [0.05, 0.1) is 25.6 Å². The fourth-order valence-electron chi connectivity index (χ4n) is 1.64. The van der Waals surface area contributed by atoms with Crippen molar-refractivity contribution in [3.8, 4) is 11.8 Å². The summed E-state index contributed by atoms with van der Waals surface area (Å²) in [6.07, 6.45) is 0.381. The van der Waals surface area contributed by atoms with Gasteiger partial charge in [-0.2, -0.15) is 5.26 Å². The van der Waals surface area contributed by atoms with Crippen molar-refractivity contribution in [3.63, 3.8) is 0 Å². The number of amides is 1. The normalized spacial score (nSPS) is 11.8. The van der Waals surface area contributed by atoms with E-state index >= 15 is 0 Å². The van der Waals surface area contributed by atoms with E-state index in [1.165, 1.54) is 12.1 Å². The molecule has 5 nitrogen and oxygen atoms in total. The Labute approximate surface area is 124 Å². The zero-order valence-corrected chi connectivity index (χ0v) is 12.3. The summed E-state index contributed by atoms with van der Waals surface area (Å²) >= 11 is 0. The van der Waals surface area contributed by atoms with Gasteiger partial charge in [-0.05, 0) is 26.1 Å². The van der Waals surface area contributed by atoms with Crippen molar-refractivity contribution in [2.24, 2.45) is 0 Å². The molecule has 0 heterocycles. The van der Waals surface area contributed by atoms with Crippen LogP contribution in [0.4, 0.5) is 4.39 Å². The second-order valence-electron chi connectivity index (χ2n) is 4.78. The quantitative estimate of drug-likeness (QED) is 0.739. The van der Waals surface area contributed by atoms with Crippen molar-refractivity contribution in [1.29, 1.82) is 5.26 Å². The minimum atomic E-state index is -0.357. The molecule has 0 aliphatic carbocycles. The minimum absolute atomic E-state index is 0.0318. The van der Waals surface area contributed by atoms with Crippen molar-refractivity contribution in [1.82, 2.24) is 10.2 Å². The Morgan fingerprint density at radius 2 is 2.33 bits per heavy atom. The van der Waals surface area contributed by atoms with Crippen molar-refractivity contribution in [2.45, 2.75) is 19.4 Å². The van der Waals surface area contributed by atoms with E-state index in [9.17, 15) is 9.18 Å². The van der Waals surface area contributed by atoms with E-state index in [1.807, 2.05) is 11.8 Å². The van der Waals surface area contributed by atoms with Crippen LogP contribution in [0, 0.1) is 17.1 Å². The smallest absolute Gasteiger partial charge is 0.234 e. The predicted molar refractivity (Wildman–Crippen MR) is 77.2 cm³/mol. The maximum atomic E-state index is 12.9. The molecule has 1 aromatic carbocycles. The maximum Gasteiger partial charge on any atom is 0.234 e. The number of carbonyl (C=O) groups is 1. The van der Waals surface area contributed by atoms with Crippen LogP contribution in [0.15, 0.2) is 24.3 Å². The average molecular weight is 293 g/mol. The predicted octanol–water partition coefficient (Wildman–Crippen LogP) is 1.55. The van der Waals surface area contributed by atoms with Crippen LogP contribution in [0.5, 0.6) is 5.75 Å². The molecule has 0 aliphatic rings. The average Bonchev–Trinajstić information content (AvgIpc) is 2.44. The molecule has 21 heavy (non-hydrogen) atoms. The number of carbonyl (C=O) groups excluding carboxylic acids is 1. The van der Waals surface area contributed by atoms with E-state index in [4.69, 9.17) is 10.00 Å². The standard InChI is InChI=1S/C15H20FN3O2/c1-12(6-7-17)19(2)11-15(20)18-8-9-21-14-5-3-4-13(16)10-14/h3-5,10,12H,6,8-9,11H2,1-2H3,(H,18,20)/t12-/m1/s1. The molecular formula is C15H20FN3O2. The molecule has 1 amide bonds. The molecule has 6 heteroatoms. The Kier molecular flexibility index (Phi) is 7.19. The zero-order chi connectivity index (χ0) is 15.7. The number of rotatable bonds is 8. The van der Waals surface area contributed by atoms with Crippen LogP contribution < -0.4 is 10.1 Å². The highest BCUT2D eigenvalue weighted by molar-refractivity contribution is 5.77. The first-order valence-electron chi connectivity index (χ1n) is 6.75. The van der Waals surface area contributed by atoms with E-state index in [0.717, 1.165) is 0 Å². The molecule has 0 saturated heterocycles. The topological polar surface area (TPSA) is 65.4 Å². The lowest BCUT2D eigenvalue weighted by Crippen LogP contribution is -2.40. The van der Waals surface area contributed by atoms with E-state index in [1.54, 1.807) is 19.2 Å². The summed E-state index contributed by atoms with van der Waals surface area (Å²) in [5, 5.41) is 11.3. The molecule has 0 aliphatic heterocycles. The number of likely N-dealkylation sites (N-methyl/N-ethyl adjacent to an activating group) is 1. The van der Waals surface area contributed by atoms with Crippen molar-refractivity contribution >= 4 is 5.91 Å². The molecular weight excluding hydrogens is 273 g/mol. The van der Waals surface area contributed by atoms with E-state index in [2.05, 4.69) is 11.4 Å². The summed E-state index contributed by atoms with van der Waals surface area (Å²) in [6, 6.07) is 7.95. The Bertz CT molecular complexity index is 502. The summed E-state index contributed by atoms with van der Waals surface area (Å²) in [5.74, 6) is -0.0567. The SMILES string of the molecule is C[C@H](CC#N)N(C)CC(=O)NCCOc1cccc(F)c1. The van der Waals surface area contributed by atoms with Gasteiger partial charge in [0.15, 0.2) is 0 Å². The molecule has 1 N–H and O–H groups in total. The van der Waals surface area contributed by atoms with Gasteiger partial charge in [-0.1, -0.05) is 6.07 Å². The molecule has 1 rings (SSSR count). The fraction of sp³-hybridized carbons (Fsp3) is 0.467. The van der Waals surface area contributed by atoms with Gasteiger partial charge in [0, 0.05) is 12.1 Å². The highest BCUT2D eigenvalue weighted by atomic mass is 19.1. The van der Waals surface area contributed by atoms with E-state index in [-0.39, 0.29) is 30.9 Å². The van der Waals surface area contributed by atoms with E-state index in [0.29, 0.717) is 18.7 Å². The van der Waals surface area contributed by atoms with Crippen LogP contribution in [-0.2, 0) is 4.79 Å². The first kappa shape index (κ1) is 16.9. The molecule has 114 valence electrons. The van der Waals surface area contributed by atoms with E-state index < -0.39 is 0 Å². The second kappa shape index (κ2) is 8.93. The van der Waals surface area contributed by atoms with Gasteiger partial charge in [-0.3, -0.25) is 9.69 Å². The monoisotopic (exact) mass is 293 g/mol. The van der Waals surface area contributed by atoms with Gasteiger partial charge < -0.3 is 10.1 Å². The Morgan fingerprint density at radius 1 is 1.57 bits per heavy atom. The summed E-state index contributed by atoms with van der Waals surface area (Å²) < 4.78 is 18.2. The van der Waals surface area contributed by atoms with Crippen LogP contribution in [0.2, 0.25) is 0 Å². The van der Waals surface area contributed by atoms with Gasteiger partial charge in [0.1, 0.15) is 18.2 Å². The molecule has 0 aromatic heterocycles. The van der Waals surface area contributed by atoms with Gasteiger partial charge in [-0.25, -0.2) is 4.39 Å². The molecule has 0 saturated carbocycles. The number of nitrogens with one attached hydrogen (secondary N) is 1. The summed E-state index contributed by atoms with van der Waals surface area (Å²) in [4.78, 5) is 13.5. The lowest BCUT2D eigenvalue weighted by atomic mass is 10.2. The summed E-state index contributed by atoms with van der Waals surface area (Å²) in [5.41, 5.74) is 0. The number of hydrogen-bond acceptors (Lipinski definition) is 4. The lowest BCUT2D eigenvalue weighted by molar-refractivity contribution is -0.122. The van der Waals surface area contributed by atoms with Gasteiger partial charge in [0.2, 0.25) is 5.91 Å². The Morgan fingerprint density at radius 3 is 3.00 bits per heavy atom. The molecule has 1 aromatic rings. The number of hydrogen-bond donors (Lipinski definition) is 1. The number of nitrogens with zero attached hydrogens (tertiary/aromatic N) is 2. The van der Waals surface area contributed by atoms with Gasteiger partial charge in [-0.15, -0.1) is 0 Å². The molecule has 1 atom stereocenters. The fourth-order valence-corrected chi connectivity index (χ4v) is 1.64. The summed E-state index contributed by atoms with van der Waals surface area (Å²) in [6.45, 7) is 2.73. The minimum Gasteiger partial charge on any atom is -0.492 e. The van der Waals surface area contributed by atoms with Gasteiger partial charge in [0.25, 0.3) is 0 Å².